The average Bonchev–Trinajstić information content (AvgIpc) is 2.68. The van der Waals surface area contributed by atoms with E-state index in [2.05, 4.69) is 11.0 Å². The van der Waals surface area contributed by atoms with Gasteiger partial charge in [-0.3, -0.25) is 4.90 Å². The Hall–Kier alpha value is -0.610. The fourth-order valence-corrected chi connectivity index (χ4v) is 2.41. The largest absolute Gasteiger partial charge is 0.389 e. The molecule has 0 aliphatic carbocycles. The Balaban J connectivity index is 2.04. The monoisotopic (exact) mass is 255 g/mol. The van der Waals surface area contributed by atoms with Crippen LogP contribution in [0.1, 0.15) is 11.1 Å². The minimum absolute atomic E-state index is 0.0624. The van der Waals surface area contributed by atoms with Gasteiger partial charge in [0.1, 0.15) is 0 Å². The first-order valence-electron chi connectivity index (χ1n) is 5.79. The smallest absolute Gasteiger partial charge is 0.0950 e. The SMILES string of the molecule is Cc1ccc(CN(C)C2COCC2O)c(Cl)c1. The van der Waals surface area contributed by atoms with Gasteiger partial charge in [-0.15, -0.1) is 0 Å². The minimum atomic E-state index is -0.399. The van der Waals surface area contributed by atoms with Crippen LogP contribution in [0.2, 0.25) is 5.02 Å². The van der Waals surface area contributed by atoms with Crippen LogP contribution in [0.15, 0.2) is 18.2 Å². The summed E-state index contributed by atoms with van der Waals surface area (Å²) in [4.78, 5) is 2.09. The molecule has 0 saturated carbocycles. The van der Waals surface area contributed by atoms with Crippen molar-refractivity contribution in [2.75, 3.05) is 20.3 Å². The summed E-state index contributed by atoms with van der Waals surface area (Å²) in [5.74, 6) is 0. The number of halogens is 1. The number of hydrogen-bond donors (Lipinski definition) is 1. The highest BCUT2D eigenvalue weighted by Crippen LogP contribution is 2.21. The number of nitrogens with zero attached hydrogens (tertiary/aromatic N) is 1. The molecule has 2 unspecified atom stereocenters. The zero-order chi connectivity index (χ0) is 12.4. The van der Waals surface area contributed by atoms with Crippen molar-refractivity contribution in [2.24, 2.45) is 0 Å². The summed E-state index contributed by atoms with van der Waals surface area (Å²) < 4.78 is 5.25. The van der Waals surface area contributed by atoms with Gasteiger partial charge in [-0.05, 0) is 31.2 Å². The van der Waals surface area contributed by atoms with Gasteiger partial charge in [-0.1, -0.05) is 23.7 Å². The zero-order valence-corrected chi connectivity index (χ0v) is 10.9. The predicted molar refractivity (Wildman–Crippen MR) is 68.3 cm³/mol. The molecule has 3 nitrogen and oxygen atoms in total. The molecule has 1 heterocycles. The number of ether oxygens (including phenoxy) is 1. The number of aliphatic hydroxyl groups is 1. The number of likely N-dealkylation sites (N-methyl/N-ethyl adjacent to an activating group) is 1. The molecular weight excluding hydrogens is 238 g/mol. The second-order valence-corrected chi connectivity index (χ2v) is 5.09. The second-order valence-electron chi connectivity index (χ2n) is 4.68. The van der Waals surface area contributed by atoms with Gasteiger partial charge in [-0.25, -0.2) is 0 Å². The van der Waals surface area contributed by atoms with E-state index in [1.807, 2.05) is 26.1 Å². The molecule has 0 spiro atoms. The van der Waals surface area contributed by atoms with Crippen LogP contribution in [0.25, 0.3) is 0 Å². The van der Waals surface area contributed by atoms with Crippen molar-refractivity contribution in [1.82, 2.24) is 4.90 Å². The fourth-order valence-electron chi connectivity index (χ4n) is 2.12. The van der Waals surface area contributed by atoms with Crippen LogP contribution in [0, 0.1) is 6.92 Å². The molecule has 1 N–H and O–H groups in total. The van der Waals surface area contributed by atoms with Gasteiger partial charge in [0.25, 0.3) is 0 Å². The molecule has 94 valence electrons. The van der Waals surface area contributed by atoms with E-state index in [1.165, 1.54) is 0 Å². The maximum absolute atomic E-state index is 9.75. The molecule has 0 amide bonds. The summed E-state index contributed by atoms with van der Waals surface area (Å²) in [7, 11) is 1.98. The Morgan fingerprint density at radius 2 is 2.24 bits per heavy atom. The van der Waals surface area contributed by atoms with Gasteiger partial charge in [0, 0.05) is 11.6 Å². The van der Waals surface area contributed by atoms with Crippen LogP contribution in [-0.2, 0) is 11.3 Å². The molecule has 2 rings (SSSR count). The predicted octanol–water partition coefficient (Wildman–Crippen LogP) is 1.84. The summed E-state index contributed by atoms with van der Waals surface area (Å²) in [6, 6.07) is 6.12. The maximum atomic E-state index is 9.75. The Morgan fingerprint density at radius 1 is 1.47 bits per heavy atom. The highest BCUT2D eigenvalue weighted by Gasteiger charge is 2.29. The maximum Gasteiger partial charge on any atom is 0.0950 e. The van der Waals surface area contributed by atoms with Gasteiger partial charge in [0.05, 0.1) is 25.4 Å². The Labute approximate surface area is 107 Å². The lowest BCUT2D eigenvalue weighted by Gasteiger charge is -2.25. The van der Waals surface area contributed by atoms with Crippen LogP contribution in [-0.4, -0.2) is 42.4 Å². The van der Waals surface area contributed by atoms with Crippen molar-refractivity contribution in [1.29, 1.82) is 0 Å². The summed E-state index contributed by atoms with van der Waals surface area (Å²) in [5.41, 5.74) is 2.24. The van der Waals surface area contributed by atoms with Crippen molar-refractivity contribution in [2.45, 2.75) is 25.6 Å². The van der Waals surface area contributed by atoms with E-state index >= 15 is 0 Å². The standard InChI is InChI=1S/C13H18ClNO2/c1-9-3-4-10(11(14)5-9)6-15(2)12-7-17-8-13(12)16/h3-5,12-13,16H,6-8H2,1-2H3. The summed E-state index contributed by atoms with van der Waals surface area (Å²) in [6.45, 7) is 3.76. The number of rotatable bonds is 3. The molecule has 17 heavy (non-hydrogen) atoms. The second kappa shape index (κ2) is 5.36. The van der Waals surface area contributed by atoms with Crippen LogP contribution >= 0.6 is 11.6 Å². The highest BCUT2D eigenvalue weighted by molar-refractivity contribution is 6.31. The van der Waals surface area contributed by atoms with Gasteiger partial charge < -0.3 is 9.84 Å². The van der Waals surface area contributed by atoms with E-state index in [0.717, 1.165) is 22.7 Å². The van der Waals surface area contributed by atoms with E-state index in [9.17, 15) is 5.11 Å². The van der Waals surface area contributed by atoms with E-state index < -0.39 is 6.10 Å². The third-order valence-corrected chi connectivity index (χ3v) is 3.57. The highest BCUT2D eigenvalue weighted by atomic mass is 35.5. The number of hydrogen-bond acceptors (Lipinski definition) is 3. The van der Waals surface area contributed by atoms with Gasteiger partial charge in [0.15, 0.2) is 0 Å². The van der Waals surface area contributed by atoms with Crippen LogP contribution < -0.4 is 0 Å². The van der Waals surface area contributed by atoms with Gasteiger partial charge in [-0.2, -0.15) is 0 Å². The van der Waals surface area contributed by atoms with E-state index in [-0.39, 0.29) is 6.04 Å². The van der Waals surface area contributed by atoms with Gasteiger partial charge in [0.2, 0.25) is 0 Å². The first kappa shape index (κ1) is 12.8. The summed E-state index contributed by atoms with van der Waals surface area (Å²) in [5, 5.41) is 10.5. The van der Waals surface area contributed by atoms with Crippen LogP contribution in [0.4, 0.5) is 0 Å². The molecular formula is C13H18ClNO2. The Bertz CT molecular complexity index is 397. The fraction of sp³-hybridized carbons (Fsp3) is 0.538. The van der Waals surface area contributed by atoms with Crippen LogP contribution in [0.5, 0.6) is 0 Å². The molecule has 4 heteroatoms. The number of benzene rings is 1. The molecule has 1 aliphatic heterocycles. The lowest BCUT2D eigenvalue weighted by Crippen LogP contribution is -2.39. The quantitative estimate of drug-likeness (QED) is 0.895. The van der Waals surface area contributed by atoms with Crippen molar-refractivity contribution in [3.63, 3.8) is 0 Å². The number of aryl methyl sites for hydroxylation is 1. The topological polar surface area (TPSA) is 32.7 Å². The van der Waals surface area contributed by atoms with Gasteiger partial charge >= 0.3 is 0 Å². The first-order valence-corrected chi connectivity index (χ1v) is 6.17. The summed E-state index contributed by atoms with van der Waals surface area (Å²) >= 11 is 6.20. The molecule has 2 atom stereocenters. The van der Waals surface area contributed by atoms with Crippen molar-refractivity contribution >= 4 is 11.6 Å². The molecule has 1 aromatic rings. The number of aliphatic hydroxyl groups excluding tert-OH is 1. The Kier molecular flexibility index (Phi) is 4.05. The summed E-state index contributed by atoms with van der Waals surface area (Å²) in [6.07, 6.45) is -0.399. The van der Waals surface area contributed by atoms with Crippen molar-refractivity contribution < 1.29 is 9.84 Å². The van der Waals surface area contributed by atoms with Crippen molar-refractivity contribution in [3.05, 3.63) is 34.3 Å². The zero-order valence-electron chi connectivity index (χ0n) is 10.2. The molecule has 0 aromatic heterocycles. The van der Waals surface area contributed by atoms with E-state index in [1.54, 1.807) is 0 Å². The average molecular weight is 256 g/mol. The Morgan fingerprint density at radius 3 is 2.82 bits per heavy atom. The molecule has 1 aliphatic rings. The molecule has 0 radical (unpaired) electrons. The van der Waals surface area contributed by atoms with Crippen LogP contribution in [0.3, 0.4) is 0 Å². The molecule has 1 fully saturated rings. The third kappa shape index (κ3) is 2.99. The van der Waals surface area contributed by atoms with E-state index in [4.69, 9.17) is 16.3 Å². The third-order valence-electron chi connectivity index (χ3n) is 3.22. The lowest BCUT2D eigenvalue weighted by atomic mass is 10.1. The molecule has 1 aromatic carbocycles. The lowest BCUT2D eigenvalue weighted by molar-refractivity contribution is 0.0925. The minimum Gasteiger partial charge on any atom is -0.389 e. The first-order chi connectivity index (χ1) is 8.08. The normalized spacial score (nSPS) is 24.5. The van der Waals surface area contributed by atoms with Crippen molar-refractivity contribution in [3.8, 4) is 0 Å². The molecule has 0 bridgehead atoms. The molecule has 1 saturated heterocycles. The van der Waals surface area contributed by atoms with E-state index in [0.29, 0.717) is 13.2 Å².